The molecule has 148 valence electrons. The Hall–Kier alpha value is -2.09. The predicted molar refractivity (Wildman–Crippen MR) is 102 cm³/mol. The molecule has 1 aromatic carbocycles. The first-order chi connectivity index (χ1) is 12.7. The van der Waals surface area contributed by atoms with Gasteiger partial charge in [-0.2, -0.15) is 0 Å². The van der Waals surface area contributed by atoms with Crippen LogP contribution in [0.15, 0.2) is 18.2 Å². The lowest BCUT2D eigenvalue weighted by molar-refractivity contribution is -0.136. The molecule has 2 aliphatic rings. The Morgan fingerprint density at radius 2 is 2.00 bits per heavy atom. The molecule has 0 radical (unpaired) electrons. The van der Waals surface area contributed by atoms with E-state index in [4.69, 9.17) is 4.74 Å². The average Bonchev–Trinajstić information content (AvgIpc) is 2.94. The summed E-state index contributed by atoms with van der Waals surface area (Å²) < 4.78 is 30.5. The van der Waals surface area contributed by atoms with Gasteiger partial charge in [-0.25, -0.2) is 13.2 Å². The highest BCUT2D eigenvalue weighted by Crippen LogP contribution is 2.34. The maximum Gasteiger partial charge on any atom is 0.338 e. The minimum absolute atomic E-state index is 0.173. The van der Waals surface area contributed by atoms with Crippen molar-refractivity contribution < 1.29 is 22.7 Å². The molecule has 0 unspecified atom stereocenters. The van der Waals surface area contributed by atoms with Gasteiger partial charge in [-0.05, 0) is 55.9 Å². The molecule has 1 aromatic rings. The Morgan fingerprint density at radius 1 is 1.26 bits per heavy atom. The molecule has 2 heterocycles. The van der Waals surface area contributed by atoms with E-state index in [1.54, 1.807) is 23.1 Å². The first-order valence-electron chi connectivity index (χ1n) is 9.24. The van der Waals surface area contributed by atoms with Gasteiger partial charge < -0.3 is 9.64 Å². The molecule has 8 heteroatoms. The van der Waals surface area contributed by atoms with E-state index < -0.39 is 16.0 Å². The molecule has 0 bridgehead atoms. The maximum absolute atomic E-state index is 12.3. The second-order valence-corrected chi connectivity index (χ2v) is 9.48. The molecule has 3 rings (SSSR count). The molecule has 2 aliphatic heterocycles. The smallest absolute Gasteiger partial charge is 0.338 e. The van der Waals surface area contributed by atoms with Crippen molar-refractivity contribution >= 4 is 27.6 Å². The molecule has 1 amide bonds. The van der Waals surface area contributed by atoms with Crippen molar-refractivity contribution in [1.29, 1.82) is 0 Å². The summed E-state index contributed by atoms with van der Waals surface area (Å²) >= 11 is 0. The van der Waals surface area contributed by atoms with E-state index in [0.717, 1.165) is 18.4 Å². The molecular weight excluding hydrogens is 368 g/mol. The SMILES string of the molecule is C[C@@H]1CCCN(C(=O)COC(=O)c2ccc3c(c2)C[C@H](C)N3S(C)(=O)=O)C1. The molecule has 0 N–H and O–H groups in total. The highest BCUT2D eigenvalue weighted by atomic mass is 32.2. The summed E-state index contributed by atoms with van der Waals surface area (Å²) in [6, 6.07) is 4.64. The summed E-state index contributed by atoms with van der Waals surface area (Å²) in [5.74, 6) is -0.274. The molecule has 0 saturated carbocycles. The van der Waals surface area contributed by atoms with E-state index >= 15 is 0 Å². The number of hydrogen-bond acceptors (Lipinski definition) is 5. The number of hydrogen-bond donors (Lipinski definition) is 0. The normalized spacial score (nSPS) is 22.5. The fourth-order valence-electron chi connectivity index (χ4n) is 3.95. The monoisotopic (exact) mass is 394 g/mol. The fourth-order valence-corrected chi connectivity index (χ4v) is 5.22. The number of piperidine rings is 1. The third-order valence-corrected chi connectivity index (χ3v) is 6.43. The van der Waals surface area contributed by atoms with Crippen LogP contribution in [-0.2, 0) is 26.0 Å². The van der Waals surface area contributed by atoms with Gasteiger partial charge in [-0.1, -0.05) is 6.92 Å². The topological polar surface area (TPSA) is 84.0 Å². The number of rotatable bonds is 4. The van der Waals surface area contributed by atoms with Crippen molar-refractivity contribution in [2.45, 2.75) is 39.2 Å². The second-order valence-electron chi connectivity index (χ2n) is 7.62. The minimum Gasteiger partial charge on any atom is -0.452 e. The van der Waals surface area contributed by atoms with Gasteiger partial charge in [-0.3, -0.25) is 9.10 Å². The van der Waals surface area contributed by atoms with Gasteiger partial charge >= 0.3 is 5.97 Å². The Morgan fingerprint density at radius 3 is 2.67 bits per heavy atom. The Balaban J connectivity index is 1.65. The van der Waals surface area contributed by atoms with Crippen molar-refractivity contribution in [2.24, 2.45) is 5.92 Å². The zero-order valence-corrected chi connectivity index (χ0v) is 16.8. The van der Waals surface area contributed by atoms with E-state index in [0.29, 0.717) is 36.7 Å². The second kappa shape index (κ2) is 7.50. The van der Waals surface area contributed by atoms with Crippen LogP contribution >= 0.6 is 0 Å². The largest absolute Gasteiger partial charge is 0.452 e. The fraction of sp³-hybridized carbons (Fsp3) is 0.579. The number of nitrogens with zero attached hydrogens (tertiary/aromatic N) is 2. The van der Waals surface area contributed by atoms with Crippen LogP contribution in [0.4, 0.5) is 5.69 Å². The Bertz CT molecular complexity index is 852. The van der Waals surface area contributed by atoms with Gasteiger partial charge in [0, 0.05) is 19.1 Å². The summed E-state index contributed by atoms with van der Waals surface area (Å²) in [7, 11) is -3.37. The quantitative estimate of drug-likeness (QED) is 0.728. The van der Waals surface area contributed by atoms with Crippen LogP contribution in [-0.4, -0.2) is 57.2 Å². The summed E-state index contributed by atoms with van der Waals surface area (Å²) in [5, 5.41) is 0. The van der Waals surface area contributed by atoms with Crippen LogP contribution < -0.4 is 4.31 Å². The number of ether oxygens (including phenoxy) is 1. The van der Waals surface area contributed by atoms with Crippen molar-refractivity contribution in [2.75, 3.05) is 30.3 Å². The van der Waals surface area contributed by atoms with E-state index in [1.807, 2.05) is 6.92 Å². The predicted octanol–water partition coefficient (Wildman–Crippen LogP) is 1.81. The Labute approximate surface area is 160 Å². The maximum atomic E-state index is 12.3. The molecule has 0 aliphatic carbocycles. The van der Waals surface area contributed by atoms with Crippen molar-refractivity contribution in [1.82, 2.24) is 4.90 Å². The third kappa shape index (κ3) is 4.26. The molecular formula is C19H26N2O5S. The van der Waals surface area contributed by atoms with Crippen LogP contribution in [0, 0.1) is 5.92 Å². The average molecular weight is 394 g/mol. The summed E-state index contributed by atoms with van der Waals surface area (Å²) in [6.45, 7) is 5.08. The number of esters is 1. The summed E-state index contributed by atoms with van der Waals surface area (Å²) in [5.41, 5.74) is 1.72. The molecule has 1 saturated heterocycles. The van der Waals surface area contributed by atoms with Crippen LogP contribution in [0.5, 0.6) is 0 Å². The lowest BCUT2D eigenvalue weighted by Crippen LogP contribution is -2.41. The van der Waals surface area contributed by atoms with Gasteiger partial charge in [-0.15, -0.1) is 0 Å². The summed E-state index contributed by atoms with van der Waals surface area (Å²) in [6.07, 6.45) is 3.80. The van der Waals surface area contributed by atoms with E-state index in [9.17, 15) is 18.0 Å². The van der Waals surface area contributed by atoms with Crippen LogP contribution in [0.25, 0.3) is 0 Å². The zero-order chi connectivity index (χ0) is 19.8. The number of benzene rings is 1. The molecule has 0 spiro atoms. The number of amides is 1. The molecule has 7 nitrogen and oxygen atoms in total. The van der Waals surface area contributed by atoms with E-state index in [1.165, 1.54) is 10.6 Å². The van der Waals surface area contributed by atoms with E-state index in [-0.39, 0.29) is 18.6 Å². The molecule has 0 aromatic heterocycles. The van der Waals surface area contributed by atoms with Gasteiger partial charge in [0.05, 0.1) is 17.5 Å². The number of anilines is 1. The van der Waals surface area contributed by atoms with Crippen LogP contribution in [0.1, 0.15) is 42.6 Å². The lowest BCUT2D eigenvalue weighted by Gasteiger charge is -2.30. The third-order valence-electron chi connectivity index (χ3n) is 5.16. The van der Waals surface area contributed by atoms with Gasteiger partial charge in [0.2, 0.25) is 10.0 Å². The Kier molecular flexibility index (Phi) is 5.46. The van der Waals surface area contributed by atoms with Gasteiger partial charge in [0.1, 0.15) is 0 Å². The molecule has 27 heavy (non-hydrogen) atoms. The number of carbonyl (C=O) groups is 2. The number of sulfonamides is 1. The lowest BCUT2D eigenvalue weighted by atomic mass is 10.0. The first kappa shape index (κ1) is 19.7. The van der Waals surface area contributed by atoms with Gasteiger partial charge in [0.15, 0.2) is 6.61 Å². The standard InChI is InChI=1S/C19H26N2O5S/c1-13-5-4-8-20(11-13)18(22)12-26-19(23)15-6-7-17-16(10-15)9-14(2)21(17)27(3,24)25/h6-7,10,13-14H,4-5,8-9,11-12H2,1-3H3/t13-,14+/m1/s1. The number of likely N-dealkylation sites (tertiary alicyclic amines) is 1. The zero-order valence-electron chi connectivity index (χ0n) is 16.0. The first-order valence-corrected chi connectivity index (χ1v) is 11.1. The highest BCUT2D eigenvalue weighted by Gasteiger charge is 2.33. The van der Waals surface area contributed by atoms with Crippen molar-refractivity contribution in [3.8, 4) is 0 Å². The van der Waals surface area contributed by atoms with Gasteiger partial charge in [0.25, 0.3) is 5.91 Å². The number of fused-ring (bicyclic) bond motifs is 1. The van der Waals surface area contributed by atoms with Crippen molar-refractivity contribution in [3.63, 3.8) is 0 Å². The van der Waals surface area contributed by atoms with Crippen molar-refractivity contribution in [3.05, 3.63) is 29.3 Å². The minimum atomic E-state index is -3.37. The number of carbonyl (C=O) groups excluding carboxylic acids is 2. The van der Waals surface area contributed by atoms with Crippen LogP contribution in [0.2, 0.25) is 0 Å². The van der Waals surface area contributed by atoms with Crippen LogP contribution in [0.3, 0.4) is 0 Å². The summed E-state index contributed by atoms with van der Waals surface area (Å²) in [4.78, 5) is 26.3. The highest BCUT2D eigenvalue weighted by molar-refractivity contribution is 7.92. The molecule has 1 fully saturated rings. The molecule has 2 atom stereocenters. The van der Waals surface area contributed by atoms with E-state index in [2.05, 4.69) is 6.92 Å².